The Morgan fingerprint density at radius 1 is 1.14 bits per heavy atom. The van der Waals surface area contributed by atoms with Crippen LogP contribution in [0.15, 0.2) is 59.8 Å². The third-order valence-corrected chi connectivity index (χ3v) is 3.88. The number of allylic oxidation sites excluding steroid dienone is 1. The number of nitrogens with zero attached hydrogens (tertiary/aromatic N) is 1. The molecule has 0 unspecified atom stereocenters. The van der Waals surface area contributed by atoms with Crippen LogP contribution in [0.5, 0.6) is 0 Å². The highest BCUT2D eigenvalue weighted by Gasteiger charge is 2.14. The first-order chi connectivity index (χ1) is 9.97. The number of aromatic nitrogens is 1. The molecule has 0 saturated carbocycles. The number of carbonyl (C=O) groups is 1. The van der Waals surface area contributed by atoms with Crippen molar-refractivity contribution >= 4 is 27.6 Å². The molecule has 2 rings (SSSR count). The third-order valence-electron chi connectivity index (χ3n) is 2.59. The summed E-state index contributed by atoms with van der Waals surface area (Å²) in [6.45, 7) is 1.46. The number of carbonyl (C=O) groups excluding carboxylic acids is 1. The Hall–Kier alpha value is -2.47. The van der Waals surface area contributed by atoms with Crippen LogP contribution in [0.3, 0.4) is 0 Å². The van der Waals surface area contributed by atoms with E-state index >= 15 is 0 Å². The second-order valence-corrected chi connectivity index (χ2v) is 5.97. The van der Waals surface area contributed by atoms with Gasteiger partial charge in [0.2, 0.25) is 0 Å². The van der Waals surface area contributed by atoms with E-state index < -0.39 is 10.0 Å². The Balaban J connectivity index is 2.15. The van der Waals surface area contributed by atoms with Gasteiger partial charge >= 0.3 is 0 Å². The fourth-order valence-corrected chi connectivity index (χ4v) is 2.60. The van der Waals surface area contributed by atoms with Crippen molar-refractivity contribution in [3.8, 4) is 0 Å². The lowest BCUT2D eigenvalue weighted by Crippen LogP contribution is -2.14. The van der Waals surface area contributed by atoms with Crippen LogP contribution < -0.4 is 4.72 Å². The molecule has 2 aromatic rings. The Morgan fingerprint density at radius 2 is 1.86 bits per heavy atom. The number of ketones is 1. The van der Waals surface area contributed by atoms with E-state index in [0.717, 1.165) is 5.56 Å². The van der Waals surface area contributed by atoms with E-state index in [-0.39, 0.29) is 10.8 Å². The van der Waals surface area contributed by atoms with Gasteiger partial charge in [-0.3, -0.25) is 9.52 Å². The number of nitrogens with one attached hydrogen (secondary N) is 1. The van der Waals surface area contributed by atoms with Gasteiger partial charge in [0.25, 0.3) is 10.0 Å². The second-order valence-electron chi connectivity index (χ2n) is 4.34. The second kappa shape index (κ2) is 6.32. The van der Waals surface area contributed by atoms with Crippen molar-refractivity contribution in [3.05, 3.63) is 60.3 Å². The first kappa shape index (κ1) is 14.9. The normalized spacial score (nSPS) is 11.5. The van der Waals surface area contributed by atoms with Gasteiger partial charge in [-0.05, 0) is 42.8 Å². The molecule has 108 valence electrons. The van der Waals surface area contributed by atoms with E-state index in [2.05, 4.69) is 9.71 Å². The molecule has 5 nitrogen and oxygen atoms in total. The molecule has 0 atom stereocenters. The van der Waals surface area contributed by atoms with Crippen LogP contribution in [0.25, 0.3) is 6.08 Å². The van der Waals surface area contributed by atoms with Gasteiger partial charge in [-0.2, -0.15) is 8.42 Å². The van der Waals surface area contributed by atoms with Crippen molar-refractivity contribution in [3.63, 3.8) is 0 Å². The highest BCUT2D eigenvalue weighted by Crippen LogP contribution is 2.15. The lowest BCUT2D eigenvalue weighted by molar-refractivity contribution is -0.112. The van der Waals surface area contributed by atoms with Crippen LogP contribution in [0, 0.1) is 0 Å². The Bertz CT molecular complexity index is 751. The zero-order valence-corrected chi connectivity index (χ0v) is 12.2. The molecular formula is C15H14N2O3S. The molecule has 0 fully saturated rings. The van der Waals surface area contributed by atoms with Crippen molar-refractivity contribution in [2.24, 2.45) is 0 Å². The summed E-state index contributed by atoms with van der Waals surface area (Å²) < 4.78 is 26.6. The molecule has 6 heteroatoms. The topological polar surface area (TPSA) is 76.1 Å². The van der Waals surface area contributed by atoms with Gasteiger partial charge in [0.1, 0.15) is 0 Å². The van der Waals surface area contributed by atoms with E-state index in [0.29, 0.717) is 5.69 Å². The molecule has 0 aliphatic rings. The maximum Gasteiger partial charge on any atom is 0.279 e. The molecular weight excluding hydrogens is 288 g/mol. The van der Waals surface area contributed by atoms with E-state index in [1.54, 1.807) is 42.5 Å². The maximum atomic E-state index is 12.1. The smallest absolute Gasteiger partial charge is 0.279 e. The zero-order valence-electron chi connectivity index (χ0n) is 11.4. The minimum absolute atomic E-state index is 0.0365. The number of rotatable bonds is 5. The molecule has 1 aromatic heterocycles. The zero-order chi connectivity index (χ0) is 15.3. The molecule has 1 heterocycles. The number of pyridine rings is 1. The van der Waals surface area contributed by atoms with Gasteiger partial charge in [0.05, 0.1) is 0 Å². The van der Waals surface area contributed by atoms with E-state index in [4.69, 9.17) is 0 Å². The summed E-state index contributed by atoms with van der Waals surface area (Å²) in [4.78, 5) is 14.7. The molecule has 0 saturated heterocycles. The summed E-state index contributed by atoms with van der Waals surface area (Å²) in [7, 11) is -3.69. The number of hydrogen-bond acceptors (Lipinski definition) is 4. The molecule has 0 spiro atoms. The summed E-state index contributed by atoms with van der Waals surface area (Å²) in [6.07, 6.45) is 4.54. The van der Waals surface area contributed by atoms with Crippen LogP contribution in [-0.4, -0.2) is 19.2 Å². The minimum Gasteiger partial charge on any atom is -0.295 e. The lowest BCUT2D eigenvalue weighted by atomic mass is 10.2. The van der Waals surface area contributed by atoms with Crippen LogP contribution in [-0.2, 0) is 14.8 Å². The molecule has 1 N–H and O–H groups in total. The molecule has 0 bridgehead atoms. The molecule has 0 aliphatic heterocycles. The predicted octanol–water partition coefficient (Wildman–Crippen LogP) is 2.48. The quantitative estimate of drug-likeness (QED) is 0.861. The Morgan fingerprint density at radius 3 is 2.43 bits per heavy atom. The fraction of sp³-hybridized carbons (Fsp3) is 0.0667. The molecule has 21 heavy (non-hydrogen) atoms. The first-order valence-corrected chi connectivity index (χ1v) is 7.68. The molecule has 0 aliphatic carbocycles. The van der Waals surface area contributed by atoms with Crippen LogP contribution in [0.4, 0.5) is 5.69 Å². The highest BCUT2D eigenvalue weighted by molar-refractivity contribution is 7.92. The minimum atomic E-state index is -3.69. The van der Waals surface area contributed by atoms with Gasteiger partial charge < -0.3 is 0 Å². The summed E-state index contributed by atoms with van der Waals surface area (Å²) >= 11 is 0. The van der Waals surface area contributed by atoms with Crippen molar-refractivity contribution in [1.29, 1.82) is 0 Å². The summed E-state index contributed by atoms with van der Waals surface area (Å²) in [6, 6.07) is 11.4. The lowest BCUT2D eigenvalue weighted by Gasteiger charge is -2.07. The van der Waals surface area contributed by atoms with Crippen molar-refractivity contribution in [1.82, 2.24) is 4.98 Å². The van der Waals surface area contributed by atoms with Gasteiger partial charge in [-0.1, -0.05) is 24.3 Å². The monoisotopic (exact) mass is 302 g/mol. The summed E-state index contributed by atoms with van der Waals surface area (Å²) in [5, 5.41) is -0.0365. The number of anilines is 1. The average Bonchev–Trinajstić information content (AvgIpc) is 2.47. The fourth-order valence-electron chi connectivity index (χ4n) is 1.59. The SMILES string of the molecule is CC(=O)/C=C/c1ccc(NS(=O)(=O)c2ccccn2)cc1. The van der Waals surface area contributed by atoms with Gasteiger partial charge in [0.15, 0.2) is 10.8 Å². The standard InChI is InChI=1S/C15H14N2O3S/c1-12(18)5-6-13-7-9-14(10-8-13)17-21(19,20)15-4-2-3-11-16-15/h2-11,17H,1H3/b6-5+. The van der Waals surface area contributed by atoms with E-state index in [1.165, 1.54) is 25.3 Å². The third kappa shape index (κ3) is 4.25. The Kier molecular flexibility index (Phi) is 4.49. The van der Waals surface area contributed by atoms with Crippen LogP contribution >= 0.6 is 0 Å². The van der Waals surface area contributed by atoms with E-state index in [9.17, 15) is 13.2 Å². The average molecular weight is 302 g/mol. The number of hydrogen-bond donors (Lipinski definition) is 1. The maximum absolute atomic E-state index is 12.1. The first-order valence-electron chi connectivity index (χ1n) is 6.20. The van der Waals surface area contributed by atoms with E-state index in [1.807, 2.05) is 0 Å². The molecule has 0 amide bonds. The van der Waals surface area contributed by atoms with Crippen molar-refractivity contribution in [2.75, 3.05) is 4.72 Å². The summed E-state index contributed by atoms with van der Waals surface area (Å²) in [5.41, 5.74) is 1.24. The van der Waals surface area contributed by atoms with Gasteiger partial charge in [-0.25, -0.2) is 4.98 Å². The number of benzene rings is 1. The molecule has 1 aromatic carbocycles. The Labute approximate surface area is 123 Å². The van der Waals surface area contributed by atoms with Crippen LogP contribution in [0.1, 0.15) is 12.5 Å². The number of sulfonamides is 1. The van der Waals surface area contributed by atoms with Gasteiger partial charge in [0, 0.05) is 11.9 Å². The van der Waals surface area contributed by atoms with Crippen molar-refractivity contribution < 1.29 is 13.2 Å². The summed E-state index contributed by atoms with van der Waals surface area (Å²) in [5.74, 6) is -0.0464. The molecule has 0 radical (unpaired) electrons. The predicted molar refractivity (Wildman–Crippen MR) is 81.2 cm³/mol. The van der Waals surface area contributed by atoms with Crippen molar-refractivity contribution in [2.45, 2.75) is 11.9 Å². The van der Waals surface area contributed by atoms with Gasteiger partial charge in [-0.15, -0.1) is 0 Å². The largest absolute Gasteiger partial charge is 0.295 e. The highest BCUT2D eigenvalue weighted by atomic mass is 32.2. The van der Waals surface area contributed by atoms with Crippen LogP contribution in [0.2, 0.25) is 0 Å².